The van der Waals surface area contributed by atoms with Gasteiger partial charge in [0.1, 0.15) is 11.5 Å². The molecule has 0 atom stereocenters. The first-order valence-electron chi connectivity index (χ1n) is 11.0. The van der Waals surface area contributed by atoms with E-state index in [1.54, 1.807) is 0 Å². The average molecular weight is 429 g/mol. The molecule has 0 saturated heterocycles. The highest BCUT2D eigenvalue weighted by Gasteiger charge is 2.35. The second kappa shape index (κ2) is 7.96. The molecule has 5 rings (SSSR count). The Balaban J connectivity index is 1.52. The third kappa shape index (κ3) is 3.83. The first kappa shape index (κ1) is 20.5. The van der Waals surface area contributed by atoms with E-state index in [1.807, 2.05) is 67.3 Å². The SMILES string of the molecule is Cc1ccc(Nc2ccc3ncc(-c4nc(C5(N)CCC(N)CC5)ncc4C)n3c2)cn1. The number of aryl methyl sites for hydroxylation is 2. The van der Waals surface area contributed by atoms with Crippen molar-refractivity contribution in [3.63, 3.8) is 0 Å². The molecule has 164 valence electrons. The van der Waals surface area contributed by atoms with Gasteiger partial charge in [-0.05, 0) is 69.4 Å². The number of nitrogens with one attached hydrogen (secondary N) is 1. The van der Waals surface area contributed by atoms with Gasteiger partial charge in [-0.25, -0.2) is 15.0 Å². The molecule has 0 aromatic carbocycles. The largest absolute Gasteiger partial charge is 0.353 e. The van der Waals surface area contributed by atoms with Gasteiger partial charge in [0.05, 0.1) is 40.7 Å². The Hall–Kier alpha value is -3.36. The van der Waals surface area contributed by atoms with E-state index >= 15 is 0 Å². The van der Waals surface area contributed by atoms with Crippen LogP contribution in [0.3, 0.4) is 0 Å². The van der Waals surface area contributed by atoms with E-state index in [2.05, 4.69) is 20.3 Å². The highest BCUT2D eigenvalue weighted by molar-refractivity contribution is 5.67. The lowest BCUT2D eigenvalue weighted by Gasteiger charge is -2.34. The summed E-state index contributed by atoms with van der Waals surface area (Å²) in [5, 5.41) is 3.40. The van der Waals surface area contributed by atoms with Crippen LogP contribution in [0.2, 0.25) is 0 Å². The minimum atomic E-state index is -0.538. The number of nitrogens with two attached hydrogens (primary N) is 2. The van der Waals surface area contributed by atoms with E-state index < -0.39 is 5.54 Å². The van der Waals surface area contributed by atoms with Gasteiger partial charge in [0.25, 0.3) is 0 Å². The second-order valence-electron chi connectivity index (χ2n) is 8.82. The fourth-order valence-corrected chi connectivity index (χ4v) is 4.26. The van der Waals surface area contributed by atoms with E-state index in [4.69, 9.17) is 16.5 Å². The molecule has 0 spiro atoms. The highest BCUT2D eigenvalue weighted by atomic mass is 15.1. The molecule has 4 aromatic heterocycles. The summed E-state index contributed by atoms with van der Waals surface area (Å²) in [6.07, 6.45) is 10.9. The van der Waals surface area contributed by atoms with Crippen molar-refractivity contribution in [2.75, 3.05) is 5.32 Å². The number of anilines is 2. The maximum atomic E-state index is 6.73. The number of hydrogen-bond donors (Lipinski definition) is 3. The molecule has 0 unspecified atom stereocenters. The lowest BCUT2D eigenvalue weighted by Crippen LogP contribution is -2.45. The van der Waals surface area contributed by atoms with Crippen molar-refractivity contribution in [3.05, 3.63) is 66.1 Å². The van der Waals surface area contributed by atoms with Gasteiger partial charge in [0, 0.05) is 24.1 Å². The van der Waals surface area contributed by atoms with Crippen molar-refractivity contribution in [1.29, 1.82) is 0 Å². The Labute approximate surface area is 187 Å². The van der Waals surface area contributed by atoms with Gasteiger partial charge >= 0.3 is 0 Å². The summed E-state index contributed by atoms with van der Waals surface area (Å²) in [5.41, 5.74) is 18.7. The number of pyridine rings is 2. The Kier molecular flexibility index (Phi) is 5.11. The van der Waals surface area contributed by atoms with Crippen molar-refractivity contribution >= 4 is 17.0 Å². The van der Waals surface area contributed by atoms with Crippen LogP contribution in [0.1, 0.15) is 42.8 Å². The summed E-state index contributed by atoms with van der Waals surface area (Å²) in [6, 6.07) is 8.20. The van der Waals surface area contributed by atoms with Gasteiger partial charge in [-0.2, -0.15) is 0 Å². The lowest BCUT2D eigenvalue weighted by atomic mass is 9.79. The van der Waals surface area contributed by atoms with Crippen LogP contribution in [-0.2, 0) is 5.54 Å². The zero-order valence-electron chi connectivity index (χ0n) is 18.4. The molecule has 8 heteroatoms. The number of nitrogens with zero attached hydrogens (tertiary/aromatic N) is 5. The number of hydrogen-bond acceptors (Lipinski definition) is 7. The van der Waals surface area contributed by atoms with Crippen LogP contribution in [-0.4, -0.2) is 30.4 Å². The Morgan fingerprint density at radius 1 is 0.969 bits per heavy atom. The number of imidazole rings is 1. The normalized spacial score (nSPS) is 21.1. The summed E-state index contributed by atoms with van der Waals surface area (Å²) in [5.74, 6) is 0.681. The summed E-state index contributed by atoms with van der Waals surface area (Å²) in [4.78, 5) is 18.5. The fraction of sp³-hybridized carbons (Fsp3) is 0.333. The Morgan fingerprint density at radius 2 is 1.75 bits per heavy atom. The molecule has 0 radical (unpaired) electrons. The highest BCUT2D eigenvalue weighted by Crippen LogP contribution is 2.34. The molecular formula is C24H28N8. The monoisotopic (exact) mass is 428 g/mol. The fourth-order valence-electron chi connectivity index (χ4n) is 4.26. The van der Waals surface area contributed by atoms with E-state index in [9.17, 15) is 0 Å². The summed E-state index contributed by atoms with van der Waals surface area (Å²) in [6.45, 7) is 3.98. The van der Waals surface area contributed by atoms with Gasteiger partial charge in [0.15, 0.2) is 0 Å². The molecule has 4 heterocycles. The number of fused-ring (bicyclic) bond motifs is 1. The molecular weight excluding hydrogens is 400 g/mol. The van der Waals surface area contributed by atoms with Crippen molar-refractivity contribution in [2.45, 2.75) is 51.1 Å². The van der Waals surface area contributed by atoms with Gasteiger partial charge in [-0.15, -0.1) is 0 Å². The number of aromatic nitrogens is 5. The molecule has 1 aliphatic carbocycles. The molecule has 32 heavy (non-hydrogen) atoms. The van der Waals surface area contributed by atoms with Crippen LogP contribution in [0.5, 0.6) is 0 Å². The van der Waals surface area contributed by atoms with Crippen molar-refractivity contribution in [3.8, 4) is 11.4 Å². The Morgan fingerprint density at radius 3 is 2.50 bits per heavy atom. The van der Waals surface area contributed by atoms with Crippen molar-refractivity contribution in [1.82, 2.24) is 24.3 Å². The Bertz CT molecular complexity index is 1250. The predicted molar refractivity (Wildman–Crippen MR) is 126 cm³/mol. The maximum absolute atomic E-state index is 6.73. The average Bonchev–Trinajstić information content (AvgIpc) is 3.21. The van der Waals surface area contributed by atoms with E-state index in [1.165, 1.54) is 0 Å². The zero-order valence-corrected chi connectivity index (χ0v) is 18.4. The molecule has 1 aliphatic rings. The first-order chi connectivity index (χ1) is 15.4. The van der Waals surface area contributed by atoms with Crippen LogP contribution in [0.25, 0.3) is 17.0 Å². The van der Waals surface area contributed by atoms with Crippen LogP contribution >= 0.6 is 0 Å². The molecule has 1 fully saturated rings. The molecule has 4 aromatic rings. The minimum absolute atomic E-state index is 0.213. The predicted octanol–water partition coefficient (Wildman–Crippen LogP) is 3.60. The van der Waals surface area contributed by atoms with Gasteiger partial charge in [0.2, 0.25) is 0 Å². The van der Waals surface area contributed by atoms with Crippen LogP contribution < -0.4 is 16.8 Å². The lowest BCUT2D eigenvalue weighted by molar-refractivity contribution is 0.264. The van der Waals surface area contributed by atoms with Crippen molar-refractivity contribution in [2.24, 2.45) is 11.5 Å². The van der Waals surface area contributed by atoms with Crippen LogP contribution in [0.15, 0.2) is 49.1 Å². The third-order valence-corrected chi connectivity index (χ3v) is 6.29. The quantitative estimate of drug-likeness (QED) is 0.454. The molecule has 0 amide bonds. The second-order valence-corrected chi connectivity index (χ2v) is 8.82. The molecule has 1 saturated carbocycles. The van der Waals surface area contributed by atoms with Crippen molar-refractivity contribution < 1.29 is 0 Å². The summed E-state index contributed by atoms with van der Waals surface area (Å²) >= 11 is 0. The standard InChI is InChI=1S/C24H28N8/c1-15-11-29-23(24(26)9-7-17(25)8-10-24)31-22(15)20-13-28-21-6-5-19(14-32(20)21)30-18-4-3-16(2)27-12-18/h3-6,11-14,17,30H,7-10,25-26H2,1-2H3. The van der Waals surface area contributed by atoms with E-state index in [0.717, 1.165) is 65.4 Å². The molecule has 0 aliphatic heterocycles. The minimum Gasteiger partial charge on any atom is -0.353 e. The van der Waals surface area contributed by atoms with Crippen LogP contribution in [0.4, 0.5) is 11.4 Å². The first-order valence-corrected chi connectivity index (χ1v) is 11.0. The summed E-state index contributed by atoms with van der Waals surface area (Å²) < 4.78 is 2.04. The number of rotatable bonds is 4. The van der Waals surface area contributed by atoms with E-state index in [0.29, 0.717) is 5.82 Å². The topological polar surface area (TPSA) is 120 Å². The zero-order chi connectivity index (χ0) is 22.3. The smallest absolute Gasteiger partial charge is 0.148 e. The molecule has 0 bridgehead atoms. The third-order valence-electron chi connectivity index (χ3n) is 6.29. The molecule has 5 N–H and O–H groups in total. The summed E-state index contributed by atoms with van der Waals surface area (Å²) in [7, 11) is 0. The van der Waals surface area contributed by atoms with Gasteiger partial charge in [-0.3, -0.25) is 9.38 Å². The van der Waals surface area contributed by atoms with Crippen LogP contribution in [0, 0.1) is 13.8 Å². The molecule has 8 nitrogen and oxygen atoms in total. The van der Waals surface area contributed by atoms with Gasteiger partial charge in [-0.1, -0.05) is 0 Å². The maximum Gasteiger partial charge on any atom is 0.148 e. The van der Waals surface area contributed by atoms with E-state index in [-0.39, 0.29) is 6.04 Å². The van der Waals surface area contributed by atoms with Gasteiger partial charge < -0.3 is 16.8 Å².